The fraction of sp³-hybridized carbons (Fsp3) is 0. The molecule has 8 nitrogen and oxygen atoms in total. The molecule has 10 heteroatoms. The van der Waals surface area contributed by atoms with Crippen LogP contribution in [0.5, 0.6) is 0 Å². The van der Waals surface area contributed by atoms with Crippen molar-refractivity contribution in [3.05, 3.63) is 25.0 Å². The molecule has 0 bridgehead atoms. The van der Waals surface area contributed by atoms with Crippen molar-refractivity contribution in [2.45, 2.75) is 10.3 Å². The normalized spacial score (nSPS) is 11.4. The van der Waals surface area contributed by atoms with E-state index < -0.39 is 0 Å². The van der Waals surface area contributed by atoms with Gasteiger partial charge in [0.15, 0.2) is 21.6 Å². The number of nitrogens with zero attached hydrogens (tertiary/aromatic N) is 6. The van der Waals surface area contributed by atoms with Gasteiger partial charge in [-0.3, -0.25) is 0 Å². The summed E-state index contributed by atoms with van der Waals surface area (Å²) < 4.78 is 0. The monoisotopic (exact) mass is 302 g/mol. The molecule has 2 N–H and O–H groups in total. The van der Waals surface area contributed by atoms with Gasteiger partial charge in [0.25, 0.3) is 0 Å². The number of hydrogen-bond acceptors (Lipinski definition) is 8. The van der Waals surface area contributed by atoms with Gasteiger partial charge in [0, 0.05) is 0 Å². The number of imidazole rings is 2. The molecule has 4 heterocycles. The summed E-state index contributed by atoms with van der Waals surface area (Å²) in [6, 6.07) is 0. The summed E-state index contributed by atoms with van der Waals surface area (Å²) in [6.07, 6.45) is 6.34. The molecule has 0 spiro atoms. The van der Waals surface area contributed by atoms with Crippen molar-refractivity contribution in [3.8, 4) is 0 Å². The third-order valence-electron chi connectivity index (χ3n) is 2.48. The first kappa shape index (κ1) is 11.6. The fourth-order valence-corrected chi connectivity index (χ4v) is 3.29. The van der Waals surface area contributed by atoms with Gasteiger partial charge in [-0.15, -0.1) is 0 Å². The topological polar surface area (TPSA) is 109 Å². The highest BCUT2D eigenvalue weighted by molar-refractivity contribution is 8.76. The van der Waals surface area contributed by atoms with Crippen LogP contribution in [0.3, 0.4) is 0 Å². The molecule has 0 amide bonds. The minimum Gasteiger partial charge on any atom is -0.330 e. The molecule has 0 aliphatic heterocycles. The standard InChI is InChI=1S/C10H6N8S2/c1-5-7(13-3-11-1)17-9(15-5)19-20-10-16-6-2-12-4-14-8(6)18-10/h1-4H,(H,11,13,15,17)(H,12,14,16,18). The lowest BCUT2D eigenvalue weighted by Crippen LogP contribution is -1.76. The number of rotatable bonds is 3. The Morgan fingerprint density at radius 3 is 1.70 bits per heavy atom. The zero-order valence-corrected chi connectivity index (χ0v) is 11.4. The van der Waals surface area contributed by atoms with E-state index in [1.54, 1.807) is 12.4 Å². The van der Waals surface area contributed by atoms with Crippen molar-refractivity contribution in [2.75, 3.05) is 0 Å². The third-order valence-corrected chi connectivity index (χ3v) is 4.46. The first-order valence-corrected chi connectivity index (χ1v) is 7.69. The lowest BCUT2D eigenvalue weighted by molar-refractivity contribution is 1.07. The van der Waals surface area contributed by atoms with Crippen molar-refractivity contribution in [1.29, 1.82) is 0 Å². The summed E-state index contributed by atoms with van der Waals surface area (Å²) in [7, 11) is 2.91. The maximum absolute atomic E-state index is 4.35. The van der Waals surface area contributed by atoms with Crippen molar-refractivity contribution in [1.82, 2.24) is 39.9 Å². The number of nitrogens with one attached hydrogen (secondary N) is 2. The molecule has 98 valence electrons. The Morgan fingerprint density at radius 1 is 0.750 bits per heavy atom. The Morgan fingerprint density at radius 2 is 1.25 bits per heavy atom. The van der Waals surface area contributed by atoms with Crippen LogP contribution < -0.4 is 0 Å². The molecule has 4 aromatic heterocycles. The zero-order chi connectivity index (χ0) is 13.4. The summed E-state index contributed by atoms with van der Waals surface area (Å²) in [5.74, 6) is 0. The second-order valence-corrected chi connectivity index (χ2v) is 5.88. The van der Waals surface area contributed by atoms with Crippen LogP contribution in [0.15, 0.2) is 35.4 Å². The minimum absolute atomic E-state index is 0.651. The maximum atomic E-state index is 4.35. The van der Waals surface area contributed by atoms with Crippen LogP contribution in [0.2, 0.25) is 0 Å². The van der Waals surface area contributed by atoms with Crippen LogP contribution in [0.4, 0.5) is 0 Å². The van der Waals surface area contributed by atoms with Gasteiger partial charge in [-0.2, -0.15) is 0 Å². The van der Waals surface area contributed by atoms with Gasteiger partial charge >= 0.3 is 0 Å². The maximum Gasteiger partial charge on any atom is 0.181 e. The molecular formula is C10H6N8S2. The molecular weight excluding hydrogens is 296 g/mol. The predicted octanol–water partition coefficient (Wildman–Crippen LogP) is 1.82. The van der Waals surface area contributed by atoms with Gasteiger partial charge < -0.3 is 9.97 Å². The van der Waals surface area contributed by atoms with E-state index in [0.29, 0.717) is 11.3 Å². The summed E-state index contributed by atoms with van der Waals surface area (Å²) >= 11 is 0. The average molecular weight is 302 g/mol. The molecule has 0 aliphatic carbocycles. The zero-order valence-electron chi connectivity index (χ0n) is 9.81. The largest absolute Gasteiger partial charge is 0.330 e. The van der Waals surface area contributed by atoms with E-state index in [1.165, 1.54) is 34.2 Å². The third kappa shape index (κ3) is 2.08. The van der Waals surface area contributed by atoms with Gasteiger partial charge in [-0.1, -0.05) is 0 Å². The molecule has 0 atom stereocenters. The number of hydrogen-bond donors (Lipinski definition) is 2. The fourth-order valence-electron chi connectivity index (χ4n) is 1.64. The highest BCUT2D eigenvalue weighted by Gasteiger charge is 2.08. The lowest BCUT2D eigenvalue weighted by Gasteiger charge is -1.91. The van der Waals surface area contributed by atoms with Crippen LogP contribution in [0, 0.1) is 0 Å². The van der Waals surface area contributed by atoms with E-state index in [0.717, 1.165) is 21.3 Å². The highest BCUT2D eigenvalue weighted by Crippen LogP contribution is 2.35. The molecule has 4 aromatic rings. The lowest BCUT2D eigenvalue weighted by atomic mass is 10.6. The Labute approximate surface area is 119 Å². The van der Waals surface area contributed by atoms with Crippen LogP contribution >= 0.6 is 21.6 Å². The van der Waals surface area contributed by atoms with E-state index >= 15 is 0 Å². The summed E-state index contributed by atoms with van der Waals surface area (Å²) in [6.45, 7) is 0. The molecule has 20 heavy (non-hydrogen) atoms. The molecule has 0 aromatic carbocycles. The van der Waals surface area contributed by atoms with Crippen molar-refractivity contribution in [2.24, 2.45) is 0 Å². The van der Waals surface area contributed by atoms with E-state index in [2.05, 4.69) is 39.9 Å². The number of fused-ring (bicyclic) bond motifs is 2. The number of aromatic nitrogens is 8. The Balaban J connectivity index is 1.57. The number of aromatic amines is 2. The second-order valence-electron chi connectivity index (χ2n) is 3.77. The van der Waals surface area contributed by atoms with Crippen LogP contribution in [0.1, 0.15) is 0 Å². The SMILES string of the molecule is c1ncc2[nH]c(SSc3nc4ncncc4[nH]3)nc2n1. The first-order chi connectivity index (χ1) is 9.88. The Hall–Kier alpha value is -2.20. The molecule has 0 saturated carbocycles. The molecule has 0 unspecified atom stereocenters. The van der Waals surface area contributed by atoms with Crippen LogP contribution in [0.25, 0.3) is 22.3 Å². The summed E-state index contributed by atoms with van der Waals surface area (Å²) in [5, 5.41) is 1.49. The predicted molar refractivity (Wildman–Crippen MR) is 75.1 cm³/mol. The highest BCUT2D eigenvalue weighted by atomic mass is 33.1. The molecule has 0 saturated heterocycles. The second kappa shape index (κ2) is 4.72. The van der Waals surface area contributed by atoms with Gasteiger partial charge in [-0.05, 0) is 21.6 Å². The summed E-state index contributed by atoms with van der Waals surface area (Å²) in [5.41, 5.74) is 2.93. The van der Waals surface area contributed by atoms with E-state index in [-0.39, 0.29) is 0 Å². The molecule has 0 fully saturated rings. The Kier molecular flexibility index (Phi) is 2.74. The number of H-pyrrole nitrogens is 2. The average Bonchev–Trinajstić information content (AvgIpc) is 3.07. The van der Waals surface area contributed by atoms with E-state index in [1.807, 2.05) is 0 Å². The van der Waals surface area contributed by atoms with Gasteiger partial charge in [0.1, 0.15) is 23.7 Å². The van der Waals surface area contributed by atoms with Crippen molar-refractivity contribution in [3.63, 3.8) is 0 Å². The summed E-state index contributed by atoms with van der Waals surface area (Å²) in [4.78, 5) is 31.0. The minimum atomic E-state index is 0.651. The molecule has 4 rings (SSSR count). The van der Waals surface area contributed by atoms with Gasteiger partial charge in [0.05, 0.1) is 12.4 Å². The smallest absolute Gasteiger partial charge is 0.181 e. The molecule has 0 aliphatic rings. The first-order valence-electron chi connectivity index (χ1n) is 5.54. The van der Waals surface area contributed by atoms with E-state index in [9.17, 15) is 0 Å². The van der Waals surface area contributed by atoms with Crippen molar-refractivity contribution < 1.29 is 0 Å². The van der Waals surface area contributed by atoms with Crippen molar-refractivity contribution >= 4 is 43.9 Å². The quantitative estimate of drug-likeness (QED) is 0.551. The van der Waals surface area contributed by atoms with Crippen LogP contribution in [-0.4, -0.2) is 39.9 Å². The van der Waals surface area contributed by atoms with Gasteiger partial charge in [-0.25, -0.2) is 29.9 Å². The molecule has 0 radical (unpaired) electrons. The van der Waals surface area contributed by atoms with Crippen LogP contribution in [-0.2, 0) is 0 Å². The van der Waals surface area contributed by atoms with Gasteiger partial charge in [0.2, 0.25) is 0 Å². The van der Waals surface area contributed by atoms with E-state index in [4.69, 9.17) is 0 Å². The Bertz CT molecular complexity index is 745.